The molecule has 0 amide bonds. The van der Waals surface area contributed by atoms with Crippen LogP contribution in [-0.2, 0) is 12.8 Å². The summed E-state index contributed by atoms with van der Waals surface area (Å²) in [6, 6.07) is 3.50. The van der Waals surface area contributed by atoms with E-state index in [0.29, 0.717) is 11.4 Å². The van der Waals surface area contributed by atoms with Crippen molar-refractivity contribution in [3.05, 3.63) is 106 Å². The molecule has 0 unspecified atom stereocenters. The molecule has 0 radical (unpaired) electrons. The van der Waals surface area contributed by atoms with E-state index in [0.717, 1.165) is 44.3 Å². The quantitative estimate of drug-likeness (QED) is 0.163. The molecule has 0 fully saturated rings. The highest BCUT2D eigenvalue weighted by molar-refractivity contribution is 9.11. The van der Waals surface area contributed by atoms with E-state index >= 15 is 0 Å². The first kappa shape index (κ1) is 38.3. The Labute approximate surface area is 279 Å². The van der Waals surface area contributed by atoms with Crippen LogP contribution in [0.1, 0.15) is 63.8 Å². The van der Waals surface area contributed by atoms with Gasteiger partial charge in [0.2, 0.25) is 0 Å². The Balaban J connectivity index is 0.000000310. The summed E-state index contributed by atoms with van der Waals surface area (Å²) in [7, 11) is 0. The Morgan fingerprint density at radius 3 is 1.30 bits per heavy atom. The van der Waals surface area contributed by atoms with Crippen LogP contribution in [-0.4, -0.2) is 19.9 Å². The summed E-state index contributed by atoms with van der Waals surface area (Å²) >= 11 is 6.46. The van der Waals surface area contributed by atoms with Crippen LogP contribution in [0, 0.1) is 10.8 Å². The van der Waals surface area contributed by atoms with Crippen molar-refractivity contribution in [2.24, 2.45) is 10.8 Å². The molecule has 0 atom stereocenters. The van der Waals surface area contributed by atoms with E-state index in [1.54, 1.807) is 61.5 Å². The molecule has 0 spiro atoms. The molecule has 44 heavy (non-hydrogen) atoms. The van der Waals surface area contributed by atoms with Crippen molar-refractivity contribution in [3.8, 4) is 0 Å². The van der Waals surface area contributed by atoms with Gasteiger partial charge in [0.05, 0.1) is 14.6 Å². The molecule has 236 valence electrons. The maximum atomic E-state index is 6.26. The van der Waals surface area contributed by atoms with Crippen LogP contribution in [0.15, 0.2) is 83.8 Å². The second-order valence-corrected chi connectivity index (χ2v) is 14.0. The summed E-state index contributed by atoms with van der Waals surface area (Å²) in [6.07, 6.45) is 19.1. The number of hydrogen-bond acceptors (Lipinski definition) is 8. The van der Waals surface area contributed by atoms with Gasteiger partial charge in [-0.15, -0.1) is 0 Å². The monoisotopic (exact) mass is 724 g/mol. The van der Waals surface area contributed by atoms with Gasteiger partial charge in [-0.3, -0.25) is 19.9 Å². The molecule has 0 saturated carbocycles. The number of hydrogen-bond donors (Lipinski definition) is 4. The highest BCUT2D eigenvalue weighted by Gasteiger charge is 2.18. The fourth-order valence-electron chi connectivity index (χ4n) is 3.60. The predicted molar refractivity (Wildman–Crippen MR) is 196 cm³/mol. The summed E-state index contributed by atoms with van der Waals surface area (Å²) in [5, 5.41) is 0. The molecule has 4 rings (SSSR count). The Bertz CT molecular complexity index is 1400. The molecule has 8 N–H and O–H groups in total. The lowest BCUT2D eigenvalue weighted by atomic mass is 9.84. The third-order valence-corrected chi connectivity index (χ3v) is 6.94. The lowest BCUT2D eigenvalue weighted by Crippen LogP contribution is -2.15. The molecule has 0 bridgehead atoms. The van der Waals surface area contributed by atoms with Crippen LogP contribution in [0.3, 0.4) is 0 Å². The van der Waals surface area contributed by atoms with Crippen molar-refractivity contribution < 1.29 is 0 Å². The van der Waals surface area contributed by atoms with Gasteiger partial charge in [-0.2, -0.15) is 0 Å². The number of nitrogens with two attached hydrogens (primary N) is 4. The molecule has 0 aliphatic heterocycles. The number of aromatic nitrogens is 4. The van der Waals surface area contributed by atoms with Gasteiger partial charge in [-0.05, 0) is 78.8 Å². The average Bonchev–Trinajstić information content (AvgIpc) is 2.94. The lowest BCUT2D eigenvalue weighted by Gasteiger charge is -2.23. The van der Waals surface area contributed by atoms with Crippen molar-refractivity contribution in [1.29, 1.82) is 0 Å². The number of pyridine rings is 4. The first-order valence-corrected chi connectivity index (χ1v) is 15.5. The van der Waals surface area contributed by atoms with Crippen molar-refractivity contribution in [2.45, 2.75) is 54.4 Å². The van der Waals surface area contributed by atoms with Gasteiger partial charge < -0.3 is 22.9 Å². The predicted octanol–water partition coefficient (Wildman–Crippen LogP) is 8.64. The average molecular weight is 727 g/mol. The summed E-state index contributed by atoms with van der Waals surface area (Å²) < 4.78 is 1.63. The van der Waals surface area contributed by atoms with E-state index < -0.39 is 0 Å². The fraction of sp³-hybridized carbons (Fsp3) is 0.294. The highest BCUT2D eigenvalue weighted by Crippen LogP contribution is 2.29. The molecular weight excluding hydrogens is 680 g/mol. The summed E-state index contributed by atoms with van der Waals surface area (Å²) in [5.41, 5.74) is 30.5. The van der Waals surface area contributed by atoms with Gasteiger partial charge in [0.15, 0.2) is 0 Å². The molecule has 4 aromatic heterocycles. The topological polar surface area (TPSA) is 156 Å². The van der Waals surface area contributed by atoms with Gasteiger partial charge in [0, 0.05) is 77.8 Å². The second kappa shape index (κ2) is 18.1. The zero-order valence-electron chi connectivity index (χ0n) is 26.6. The lowest BCUT2D eigenvalue weighted by molar-refractivity contribution is 0.406. The third kappa shape index (κ3) is 14.6. The smallest absolute Gasteiger partial charge is 0.0634 e. The molecule has 4 heterocycles. The summed E-state index contributed by atoms with van der Waals surface area (Å²) in [6.45, 7) is 20.6. The molecule has 0 aliphatic carbocycles. The number of anilines is 4. The van der Waals surface area contributed by atoms with Crippen molar-refractivity contribution in [2.75, 3.05) is 22.9 Å². The number of halogens is 2. The van der Waals surface area contributed by atoms with E-state index in [-0.39, 0.29) is 10.8 Å². The van der Waals surface area contributed by atoms with Crippen molar-refractivity contribution >= 4 is 66.8 Å². The first-order chi connectivity index (χ1) is 20.5. The molecule has 0 aliphatic rings. The zero-order valence-corrected chi connectivity index (χ0v) is 29.8. The van der Waals surface area contributed by atoms with Crippen LogP contribution in [0.2, 0.25) is 0 Å². The molecule has 0 saturated heterocycles. The number of nitrogen functional groups attached to an aromatic ring is 4. The molecular formula is C34H46Br2N8. The first-order valence-electron chi connectivity index (χ1n) is 13.9. The van der Waals surface area contributed by atoms with Gasteiger partial charge in [-0.1, -0.05) is 66.9 Å². The zero-order chi connectivity index (χ0) is 33.5. The normalized spacial score (nSPS) is 10.5. The van der Waals surface area contributed by atoms with Gasteiger partial charge in [0.25, 0.3) is 0 Å². The van der Waals surface area contributed by atoms with E-state index in [2.05, 4.69) is 106 Å². The number of rotatable bonds is 4. The van der Waals surface area contributed by atoms with Gasteiger partial charge in [-0.25, -0.2) is 0 Å². The SMILES string of the molecule is C=Cc1cncc(C=C)c1N.CC(C)(C)Cc1cncc(CC(C)(C)C)c1N.Nc1c(Br)cncc1Br.Nc1ccncc1. The maximum Gasteiger partial charge on any atom is 0.0634 e. The summed E-state index contributed by atoms with van der Waals surface area (Å²) in [5.74, 6) is 0. The Morgan fingerprint density at radius 1 is 0.591 bits per heavy atom. The van der Waals surface area contributed by atoms with E-state index in [1.165, 1.54) is 11.1 Å². The van der Waals surface area contributed by atoms with Gasteiger partial charge >= 0.3 is 0 Å². The second-order valence-electron chi connectivity index (χ2n) is 12.3. The Kier molecular flexibility index (Phi) is 15.8. The van der Waals surface area contributed by atoms with E-state index in [1.807, 2.05) is 12.4 Å². The van der Waals surface area contributed by atoms with Crippen LogP contribution in [0.5, 0.6) is 0 Å². The van der Waals surface area contributed by atoms with E-state index in [4.69, 9.17) is 22.9 Å². The van der Waals surface area contributed by atoms with Crippen LogP contribution in [0.4, 0.5) is 22.7 Å². The fourth-order valence-corrected chi connectivity index (χ4v) is 4.53. The largest absolute Gasteiger partial charge is 0.399 e. The van der Waals surface area contributed by atoms with E-state index in [9.17, 15) is 0 Å². The summed E-state index contributed by atoms with van der Waals surface area (Å²) in [4.78, 5) is 15.9. The van der Waals surface area contributed by atoms with Crippen LogP contribution >= 0.6 is 31.9 Å². The highest BCUT2D eigenvalue weighted by atomic mass is 79.9. The third-order valence-electron chi connectivity index (χ3n) is 5.68. The van der Waals surface area contributed by atoms with Crippen molar-refractivity contribution in [3.63, 3.8) is 0 Å². The minimum Gasteiger partial charge on any atom is -0.399 e. The minimum atomic E-state index is 0.246. The minimum absolute atomic E-state index is 0.246. The Hall–Kier alpha value is -3.76. The maximum absolute atomic E-state index is 6.26. The van der Waals surface area contributed by atoms with Crippen LogP contribution < -0.4 is 22.9 Å². The molecule has 0 aromatic carbocycles. The van der Waals surface area contributed by atoms with Crippen molar-refractivity contribution in [1.82, 2.24) is 19.9 Å². The number of nitrogens with zero attached hydrogens (tertiary/aromatic N) is 4. The molecule has 8 nitrogen and oxygen atoms in total. The molecule has 4 aromatic rings. The molecule has 10 heteroatoms. The standard InChI is InChI=1S/C15H26N2.C9H10N2.C5H4Br2N2.C5H6N2/c1-14(2,3)7-11-9-17-10-12(13(11)16)8-15(4,5)6;1-3-7-5-11-6-8(4-2)9(7)10;6-3-1-9-2-4(7)5(3)8;6-5-1-3-7-4-2-5/h9-10H,7-8H2,1-6H3,(H2,16,17);3-6H,1-2H2,(H2,10,11);1-2H,(H2,8,9);1-4H,(H2,6,7). The Morgan fingerprint density at radius 2 is 0.977 bits per heavy atom. The van der Waals surface area contributed by atoms with Gasteiger partial charge in [0.1, 0.15) is 0 Å². The van der Waals surface area contributed by atoms with Crippen LogP contribution in [0.25, 0.3) is 12.2 Å².